The number of pyridine rings is 1. The maximum Gasteiger partial charge on any atom is 0.240 e. The second-order valence-corrected chi connectivity index (χ2v) is 4.97. The molecule has 3 aromatic heterocycles. The van der Waals surface area contributed by atoms with Gasteiger partial charge in [-0.2, -0.15) is 15.2 Å². The number of nitrogens with two attached hydrogens (primary N) is 1. The first-order valence-electron chi connectivity index (χ1n) is 7.30. The molecule has 0 atom stereocenters. The van der Waals surface area contributed by atoms with E-state index >= 15 is 0 Å². The lowest BCUT2D eigenvalue weighted by Gasteiger charge is -2.08. The fraction of sp³-hybridized carbons (Fsp3) is 0.267. The second-order valence-electron chi connectivity index (χ2n) is 4.97. The SMILES string of the molecule is CCNc1nc(N)nn2ccc(-c3ccc(N=NC)c(C)n3)c12. The average molecular weight is 310 g/mol. The van der Waals surface area contributed by atoms with Crippen molar-refractivity contribution in [1.82, 2.24) is 19.6 Å². The maximum atomic E-state index is 5.76. The highest BCUT2D eigenvalue weighted by Crippen LogP contribution is 2.30. The molecule has 0 aliphatic rings. The van der Waals surface area contributed by atoms with Crippen molar-refractivity contribution in [2.45, 2.75) is 13.8 Å². The highest BCUT2D eigenvalue weighted by Gasteiger charge is 2.14. The summed E-state index contributed by atoms with van der Waals surface area (Å²) < 4.78 is 1.71. The van der Waals surface area contributed by atoms with Gasteiger partial charge in [-0.1, -0.05) is 0 Å². The Bertz CT molecular complexity index is 881. The molecule has 8 nitrogen and oxygen atoms in total. The second kappa shape index (κ2) is 5.99. The van der Waals surface area contributed by atoms with Gasteiger partial charge in [0.15, 0.2) is 5.82 Å². The zero-order valence-corrected chi connectivity index (χ0v) is 13.3. The molecule has 3 heterocycles. The zero-order chi connectivity index (χ0) is 16.4. The molecule has 3 aromatic rings. The molecule has 118 valence electrons. The molecule has 0 saturated heterocycles. The number of nitrogen functional groups attached to an aromatic ring is 1. The maximum absolute atomic E-state index is 5.76. The van der Waals surface area contributed by atoms with E-state index in [1.165, 1.54) is 0 Å². The van der Waals surface area contributed by atoms with Crippen LogP contribution in [0.3, 0.4) is 0 Å². The number of hydrogen-bond donors (Lipinski definition) is 2. The predicted octanol–water partition coefficient (Wildman–Crippen LogP) is 2.83. The molecule has 23 heavy (non-hydrogen) atoms. The molecule has 3 rings (SSSR count). The van der Waals surface area contributed by atoms with Crippen molar-refractivity contribution in [2.75, 3.05) is 24.6 Å². The summed E-state index contributed by atoms with van der Waals surface area (Å²) in [4.78, 5) is 8.92. The average Bonchev–Trinajstić information content (AvgIpc) is 2.93. The van der Waals surface area contributed by atoms with E-state index in [1.54, 1.807) is 11.6 Å². The quantitative estimate of drug-likeness (QED) is 0.721. The van der Waals surface area contributed by atoms with Gasteiger partial charge in [-0.15, -0.1) is 5.10 Å². The van der Waals surface area contributed by atoms with E-state index in [1.807, 2.05) is 38.2 Å². The van der Waals surface area contributed by atoms with Gasteiger partial charge in [0, 0.05) is 25.4 Å². The Morgan fingerprint density at radius 2 is 2.09 bits per heavy atom. The number of nitrogens with one attached hydrogen (secondary N) is 1. The van der Waals surface area contributed by atoms with Gasteiger partial charge in [-0.25, -0.2) is 4.52 Å². The number of fused-ring (bicyclic) bond motifs is 1. The Morgan fingerprint density at radius 3 is 2.78 bits per heavy atom. The molecule has 0 fully saturated rings. The molecule has 0 saturated carbocycles. The number of anilines is 2. The van der Waals surface area contributed by atoms with Crippen LogP contribution in [-0.2, 0) is 0 Å². The summed E-state index contributed by atoms with van der Waals surface area (Å²) >= 11 is 0. The molecule has 0 unspecified atom stereocenters. The Labute approximate surface area is 133 Å². The van der Waals surface area contributed by atoms with Gasteiger partial charge in [0.2, 0.25) is 5.95 Å². The van der Waals surface area contributed by atoms with Crippen LogP contribution in [0.1, 0.15) is 12.6 Å². The molecule has 0 spiro atoms. The number of rotatable bonds is 4. The molecule has 0 bridgehead atoms. The third-order valence-electron chi connectivity index (χ3n) is 3.41. The van der Waals surface area contributed by atoms with Gasteiger partial charge in [-0.05, 0) is 32.0 Å². The summed E-state index contributed by atoms with van der Waals surface area (Å²) in [6.07, 6.45) is 1.85. The summed E-state index contributed by atoms with van der Waals surface area (Å²) in [6.45, 7) is 4.65. The van der Waals surface area contributed by atoms with Crippen LogP contribution >= 0.6 is 0 Å². The van der Waals surface area contributed by atoms with E-state index < -0.39 is 0 Å². The molecule has 0 aromatic carbocycles. The predicted molar refractivity (Wildman–Crippen MR) is 90.0 cm³/mol. The molecule has 0 aliphatic carbocycles. The number of aryl methyl sites for hydroxylation is 1. The lowest BCUT2D eigenvalue weighted by Crippen LogP contribution is -2.08. The fourth-order valence-corrected chi connectivity index (χ4v) is 2.46. The van der Waals surface area contributed by atoms with E-state index in [0.29, 0.717) is 5.82 Å². The van der Waals surface area contributed by atoms with Gasteiger partial charge in [0.05, 0.1) is 11.4 Å². The van der Waals surface area contributed by atoms with Crippen LogP contribution in [0.5, 0.6) is 0 Å². The zero-order valence-electron chi connectivity index (χ0n) is 13.3. The molecule has 8 heteroatoms. The minimum atomic E-state index is 0.221. The summed E-state index contributed by atoms with van der Waals surface area (Å²) in [5, 5.41) is 15.3. The summed E-state index contributed by atoms with van der Waals surface area (Å²) in [6, 6.07) is 5.77. The number of aromatic nitrogens is 4. The Morgan fingerprint density at radius 1 is 1.26 bits per heavy atom. The molecule has 0 radical (unpaired) electrons. The minimum Gasteiger partial charge on any atom is -0.368 e. The number of hydrogen-bond acceptors (Lipinski definition) is 7. The fourth-order valence-electron chi connectivity index (χ4n) is 2.46. The lowest BCUT2D eigenvalue weighted by molar-refractivity contribution is 0.916. The van der Waals surface area contributed by atoms with E-state index in [2.05, 4.69) is 30.6 Å². The minimum absolute atomic E-state index is 0.221. The standard InChI is InChI=1S/C15H18N8/c1-4-18-14-13-10(7-8-23(13)22-15(16)20-14)12-6-5-11(21-17-3)9(2)19-12/h5-8H,4H2,1-3H3,(H3,16,18,20,22). The topological polar surface area (TPSA) is 106 Å². The van der Waals surface area contributed by atoms with Crippen molar-refractivity contribution >= 4 is 23.0 Å². The van der Waals surface area contributed by atoms with Crippen molar-refractivity contribution in [3.63, 3.8) is 0 Å². The summed E-state index contributed by atoms with van der Waals surface area (Å²) in [5.41, 5.74) is 9.94. The van der Waals surface area contributed by atoms with Crippen molar-refractivity contribution < 1.29 is 0 Å². The highest BCUT2D eigenvalue weighted by atomic mass is 15.3. The third-order valence-corrected chi connectivity index (χ3v) is 3.41. The first-order chi connectivity index (χ1) is 11.1. The Hall–Kier alpha value is -3.03. The van der Waals surface area contributed by atoms with Crippen LogP contribution in [-0.4, -0.2) is 33.2 Å². The van der Waals surface area contributed by atoms with Crippen molar-refractivity contribution in [1.29, 1.82) is 0 Å². The van der Waals surface area contributed by atoms with E-state index in [0.717, 1.165) is 34.7 Å². The Balaban J connectivity index is 2.18. The molecular weight excluding hydrogens is 292 g/mol. The molecule has 3 N–H and O–H groups in total. The largest absolute Gasteiger partial charge is 0.368 e. The monoisotopic (exact) mass is 310 g/mol. The van der Waals surface area contributed by atoms with Crippen LogP contribution in [0.15, 0.2) is 34.6 Å². The van der Waals surface area contributed by atoms with Gasteiger partial charge in [0.1, 0.15) is 11.2 Å². The van der Waals surface area contributed by atoms with E-state index in [-0.39, 0.29) is 5.95 Å². The highest BCUT2D eigenvalue weighted by molar-refractivity contribution is 5.87. The van der Waals surface area contributed by atoms with Gasteiger partial charge >= 0.3 is 0 Å². The van der Waals surface area contributed by atoms with Crippen molar-refractivity contribution in [3.05, 3.63) is 30.1 Å². The van der Waals surface area contributed by atoms with Gasteiger partial charge < -0.3 is 11.1 Å². The van der Waals surface area contributed by atoms with Crippen molar-refractivity contribution in [3.8, 4) is 11.3 Å². The first kappa shape index (κ1) is 14.9. The van der Waals surface area contributed by atoms with Crippen LogP contribution in [0.4, 0.5) is 17.5 Å². The normalized spacial score (nSPS) is 11.4. The summed E-state index contributed by atoms with van der Waals surface area (Å²) in [5.74, 6) is 0.912. The van der Waals surface area contributed by atoms with Crippen LogP contribution in [0.2, 0.25) is 0 Å². The third kappa shape index (κ3) is 2.70. The van der Waals surface area contributed by atoms with Crippen LogP contribution < -0.4 is 11.1 Å². The Kier molecular flexibility index (Phi) is 3.88. The summed E-state index contributed by atoms with van der Waals surface area (Å²) in [7, 11) is 1.64. The van der Waals surface area contributed by atoms with Crippen LogP contribution in [0, 0.1) is 6.92 Å². The van der Waals surface area contributed by atoms with Crippen LogP contribution in [0.25, 0.3) is 16.8 Å². The first-order valence-corrected chi connectivity index (χ1v) is 7.30. The molecule has 0 amide bonds. The smallest absolute Gasteiger partial charge is 0.240 e. The lowest BCUT2D eigenvalue weighted by atomic mass is 10.1. The molecule has 0 aliphatic heterocycles. The van der Waals surface area contributed by atoms with Gasteiger partial charge in [0.25, 0.3) is 0 Å². The van der Waals surface area contributed by atoms with Crippen molar-refractivity contribution in [2.24, 2.45) is 10.2 Å². The van der Waals surface area contributed by atoms with E-state index in [9.17, 15) is 0 Å². The number of azo groups is 1. The van der Waals surface area contributed by atoms with E-state index in [4.69, 9.17) is 5.73 Å². The van der Waals surface area contributed by atoms with Gasteiger partial charge in [-0.3, -0.25) is 4.98 Å². The molecular formula is C15H18N8. The number of nitrogens with zero attached hydrogens (tertiary/aromatic N) is 6.